The van der Waals surface area contributed by atoms with E-state index in [0.29, 0.717) is 17.2 Å². The molecule has 1 aliphatic carbocycles. The lowest BCUT2D eigenvalue weighted by Gasteiger charge is -2.32. The van der Waals surface area contributed by atoms with E-state index in [4.69, 9.17) is 18.8 Å². The van der Waals surface area contributed by atoms with Crippen LogP contribution in [0.4, 0.5) is 0 Å². The third-order valence-electron chi connectivity index (χ3n) is 4.30. The average Bonchev–Trinajstić information content (AvgIpc) is 3.17. The number of methoxy groups -OCH3 is 1. The summed E-state index contributed by atoms with van der Waals surface area (Å²) in [6, 6.07) is 0. The molecule has 2 fully saturated rings. The van der Waals surface area contributed by atoms with Crippen LogP contribution in [0.1, 0.15) is 40.5 Å². The summed E-state index contributed by atoms with van der Waals surface area (Å²) in [5.74, 6) is 0.919. The van der Waals surface area contributed by atoms with Gasteiger partial charge >= 0.3 is 7.12 Å². The summed E-state index contributed by atoms with van der Waals surface area (Å²) in [4.78, 5) is 8.39. The van der Waals surface area contributed by atoms with Gasteiger partial charge in [0.1, 0.15) is 17.9 Å². The number of hydrogen-bond donors (Lipinski definition) is 0. The Morgan fingerprint density at radius 2 is 1.67 bits per heavy atom. The fraction of sp³-hybridized carbons (Fsp3) is 0.714. The molecule has 1 aromatic heterocycles. The van der Waals surface area contributed by atoms with Gasteiger partial charge in [-0.05, 0) is 40.5 Å². The van der Waals surface area contributed by atoms with Gasteiger partial charge in [-0.3, -0.25) is 0 Å². The zero-order valence-corrected chi connectivity index (χ0v) is 13.2. The molecule has 7 heteroatoms. The van der Waals surface area contributed by atoms with E-state index in [9.17, 15) is 0 Å². The highest BCUT2D eigenvalue weighted by Gasteiger charge is 2.54. The highest BCUT2D eigenvalue weighted by molar-refractivity contribution is 6.64. The van der Waals surface area contributed by atoms with Crippen LogP contribution in [-0.4, -0.2) is 41.5 Å². The number of aromatic nitrogens is 2. The van der Waals surface area contributed by atoms with Gasteiger partial charge in [-0.15, -0.1) is 0 Å². The van der Waals surface area contributed by atoms with Crippen LogP contribution in [0.3, 0.4) is 0 Å². The van der Waals surface area contributed by atoms with Gasteiger partial charge in [-0.25, -0.2) is 9.97 Å². The van der Waals surface area contributed by atoms with Gasteiger partial charge in [0, 0.05) is 0 Å². The predicted molar refractivity (Wildman–Crippen MR) is 78.0 cm³/mol. The van der Waals surface area contributed by atoms with Crippen molar-refractivity contribution in [3.8, 4) is 11.8 Å². The molecule has 0 unspecified atom stereocenters. The van der Waals surface area contributed by atoms with Crippen molar-refractivity contribution in [3.05, 3.63) is 6.33 Å². The fourth-order valence-electron chi connectivity index (χ4n) is 2.13. The van der Waals surface area contributed by atoms with Crippen LogP contribution in [-0.2, 0) is 9.31 Å². The molecule has 1 saturated carbocycles. The van der Waals surface area contributed by atoms with Crippen LogP contribution in [0.25, 0.3) is 0 Å². The molecule has 1 aromatic rings. The zero-order valence-electron chi connectivity index (χ0n) is 13.2. The normalized spacial score (nSPS) is 23.2. The van der Waals surface area contributed by atoms with Crippen LogP contribution in [0.2, 0.25) is 0 Å². The maximum Gasteiger partial charge on any atom is 0.506 e. The van der Waals surface area contributed by atoms with E-state index < -0.39 is 18.3 Å². The highest BCUT2D eigenvalue weighted by atomic mass is 16.7. The van der Waals surface area contributed by atoms with Crippen molar-refractivity contribution in [1.29, 1.82) is 0 Å². The molecule has 1 saturated heterocycles. The number of nitrogens with zero attached hydrogens (tertiary/aromatic N) is 2. The van der Waals surface area contributed by atoms with E-state index in [-0.39, 0.29) is 6.10 Å². The van der Waals surface area contributed by atoms with Gasteiger partial charge in [0.05, 0.1) is 18.3 Å². The Morgan fingerprint density at radius 3 is 2.19 bits per heavy atom. The monoisotopic (exact) mass is 292 g/mol. The van der Waals surface area contributed by atoms with E-state index >= 15 is 0 Å². The summed E-state index contributed by atoms with van der Waals surface area (Å²) in [5.41, 5.74) is -0.240. The molecule has 0 atom stereocenters. The van der Waals surface area contributed by atoms with E-state index in [1.165, 1.54) is 6.33 Å². The van der Waals surface area contributed by atoms with E-state index in [2.05, 4.69) is 9.97 Å². The van der Waals surface area contributed by atoms with Gasteiger partial charge in [-0.1, -0.05) is 0 Å². The van der Waals surface area contributed by atoms with E-state index in [0.717, 1.165) is 12.8 Å². The maximum absolute atomic E-state index is 6.07. The molecule has 21 heavy (non-hydrogen) atoms. The Kier molecular flexibility index (Phi) is 3.37. The largest absolute Gasteiger partial charge is 0.506 e. The smallest absolute Gasteiger partial charge is 0.481 e. The van der Waals surface area contributed by atoms with Crippen molar-refractivity contribution in [3.63, 3.8) is 0 Å². The lowest BCUT2D eigenvalue weighted by atomic mass is 9.80. The van der Waals surface area contributed by atoms with Crippen molar-refractivity contribution in [2.75, 3.05) is 7.11 Å². The van der Waals surface area contributed by atoms with E-state index in [1.807, 2.05) is 27.7 Å². The van der Waals surface area contributed by atoms with Gasteiger partial charge in [0.25, 0.3) is 0 Å². The molecule has 0 amide bonds. The van der Waals surface area contributed by atoms with Gasteiger partial charge in [0.15, 0.2) is 0 Å². The Balaban J connectivity index is 1.97. The summed E-state index contributed by atoms with van der Waals surface area (Å²) >= 11 is 0. The predicted octanol–water partition coefficient (Wildman–Crippen LogP) is 1.33. The molecule has 1 aliphatic heterocycles. The zero-order chi connectivity index (χ0) is 15.3. The summed E-state index contributed by atoms with van der Waals surface area (Å²) in [7, 11) is 0.970. The minimum atomic E-state index is -0.597. The summed E-state index contributed by atoms with van der Waals surface area (Å²) in [5, 5.41) is 0. The van der Waals surface area contributed by atoms with Crippen molar-refractivity contribution < 1.29 is 18.8 Å². The second-order valence-corrected chi connectivity index (χ2v) is 6.51. The lowest BCUT2D eigenvalue weighted by Crippen LogP contribution is -2.41. The first-order valence-electron chi connectivity index (χ1n) is 7.25. The molecule has 6 nitrogen and oxygen atoms in total. The molecule has 0 bridgehead atoms. The quantitative estimate of drug-likeness (QED) is 0.780. The van der Waals surface area contributed by atoms with Crippen molar-refractivity contribution in [1.82, 2.24) is 9.97 Å². The first kappa shape index (κ1) is 14.6. The Hall–Kier alpha value is -1.34. The highest BCUT2D eigenvalue weighted by Crippen LogP contribution is 2.38. The third kappa shape index (κ3) is 2.60. The third-order valence-corrected chi connectivity index (χ3v) is 4.30. The molecule has 2 heterocycles. The minimum absolute atomic E-state index is 0.228. The topological polar surface area (TPSA) is 62.7 Å². The first-order valence-corrected chi connectivity index (χ1v) is 7.25. The standard InChI is InChI=1S/C14H21BN2O4/c1-13(2)14(3,4)21-15(20-13)10-11(18-5)16-8-17-12(10)19-9-6-7-9/h8-9H,6-7H2,1-5H3. The number of hydrogen-bond acceptors (Lipinski definition) is 6. The Morgan fingerprint density at radius 1 is 1.10 bits per heavy atom. The maximum atomic E-state index is 6.07. The first-order chi connectivity index (χ1) is 9.84. The van der Waals surface area contributed by atoms with Gasteiger partial charge < -0.3 is 18.8 Å². The molecule has 0 radical (unpaired) electrons. The number of rotatable bonds is 4. The fourth-order valence-corrected chi connectivity index (χ4v) is 2.13. The molecule has 3 rings (SSSR count). The molecule has 114 valence electrons. The molecule has 2 aliphatic rings. The summed E-state index contributed by atoms with van der Waals surface area (Å²) in [6.45, 7) is 8.02. The molecular formula is C14H21BN2O4. The molecule has 0 N–H and O–H groups in total. The Labute approximate surface area is 125 Å². The van der Waals surface area contributed by atoms with Gasteiger partial charge in [0.2, 0.25) is 11.8 Å². The van der Waals surface area contributed by atoms with Crippen molar-refractivity contribution in [2.24, 2.45) is 0 Å². The number of ether oxygens (including phenoxy) is 2. The second kappa shape index (κ2) is 4.85. The SMILES string of the molecule is COc1ncnc(OC2CC2)c1B1OC(C)(C)C(C)(C)O1. The van der Waals surface area contributed by atoms with Crippen molar-refractivity contribution >= 4 is 12.6 Å². The van der Waals surface area contributed by atoms with Crippen LogP contribution < -0.4 is 14.9 Å². The molecule has 0 spiro atoms. The minimum Gasteiger partial charge on any atom is -0.481 e. The van der Waals surface area contributed by atoms with Crippen LogP contribution in [0.15, 0.2) is 6.33 Å². The second-order valence-electron chi connectivity index (χ2n) is 6.51. The van der Waals surface area contributed by atoms with Gasteiger partial charge in [-0.2, -0.15) is 0 Å². The summed E-state index contributed by atoms with van der Waals surface area (Å²) in [6.07, 6.45) is 3.76. The lowest BCUT2D eigenvalue weighted by molar-refractivity contribution is 0.00578. The average molecular weight is 292 g/mol. The Bertz CT molecular complexity index is 530. The van der Waals surface area contributed by atoms with Crippen molar-refractivity contribution in [2.45, 2.75) is 57.8 Å². The molecular weight excluding hydrogens is 271 g/mol. The van der Waals surface area contributed by atoms with Crippen LogP contribution in [0, 0.1) is 0 Å². The van der Waals surface area contributed by atoms with Crippen LogP contribution in [0.5, 0.6) is 11.8 Å². The van der Waals surface area contributed by atoms with E-state index in [1.54, 1.807) is 7.11 Å². The summed E-state index contributed by atoms with van der Waals surface area (Å²) < 4.78 is 23.3. The van der Waals surface area contributed by atoms with Crippen LogP contribution >= 0.6 is 0 Å². The molecule has 0 aromatic carbocycles.